The van der Waals surface area contributed by atoms with Gasteiger partial charge in [-0.2, -0.15) is 0 Å². The van der Waals surface area contributed by atoms with Gasteiger partial charge in [-0.1, -0.05) is 11.6 Å². The van der Waals surface area contributed by atoms with Crippen molar-refractivity contribution < 1.29 is 9.50 Å². The molecule has 0 aromatic heterocycles. The van der Waals surface area contributed by atoms with Crippen molar-refractivity contribution in [3.05, 3.63) is 34.1 Å². The van der Waals surface area contributed by atoms with E-state index in [1.807, 2.05) is 13.8 Å². The average Bonchev–Trinajstić information content (AvgIpc) is 2.21. The van der Waals surface area contributed by atoms with E-state index in [1.54, 1.807) is 13.0 Å². The number of hydrogen-bond donors (Lipinski definition) is 2. The minimum absolute atomic E-state index is 0.121. The van der Waals surface area contributed by atoms with Gasteiger partial charge in [-0.3, -0.25) is 0 Å². The molecule has 0 spiro atoms. The lowest BCUT2D eigenvalue weighted by Crippen LogP contribution is -2.39. The lowest BCUT2D eigenvalue weighted by Gasteiger charge is -2.25. The zero-order valence-electron chi connectivity index (χ0n) is 10.5. The number of aliphatic hydroxyl groups excluding tert-OH is 1. The fourth-order valence-corrected chi connectivity index (χ4v) is 1.81. The van der Waals surface area contributed by atoms with Crippen molar-refractivity contribution in [1.82, 2.24) is 5.32 Å². The molecule has 0 aliphatic carbocycles. The third-order valence-corrected chi connectivity index (χ3v) is 3.17. The third kappa shape index (κ3) is 4.26. The van der Waals surface area contributed by atoms with E-state index in [0.717, 1.165) is 5.56 Å². The Morgan fingerprint density at radius 1 is 1.41 bits per heavy atom. The van der Waals surface area contributed by atoms with Gasteiger partial charge in [0.1, 0.15) is 5.82 Å². The molecule has 0 saturated carbocycles. The van der Waals surface area contributed by atoms with E-state index in [-0.39, 0.29) is 18.0 Å². The van der Waals surface area contributed by atoms with E-state index in [4.69, 9.17) is 16.7 Å². The predicted octanol–water partition coefficient (Wildman–Crippen LogP) is 3.04. The van der Waals surface area contributed by atoms with Gasteiger partial charge in [-0.05, 0) is 50.5 Å². The lowest BCUT2D eigenvalue weighted by molar-refractivity contribution is 0.230. The molecule has 0 bridgehead atoms. The molecule has 0 radical (unpaired) electrons. The summed E-state index contributed by atoms with van der Waals surface area (Å²) >= 11 is 6.05. The number of benzene rings is 1. The number of aliphatic hydroxyl groups is 1. The third-order valence-electron chi connectivity index (χ3n) is 2.82. The van der Waals surface area contributed by atoms with Gasteiger partial charge in [-0.15, -0.1) is 0 Å². The molecule has 0 heterocycles. The molecule has 0 aliphatic rings. The number of halogens is 2. The van der Waals surface area contributed by atoms with Gasteiger partial charge < -0.3 is 10.4 Å². The highest BCUT2D eigenvalue weighted by atomic mass is 35.5. The Labute approximate surface area is 107 Å². The van der Waals surface area contributed by atoms with Crippen molar-refractivity contribution >= 4 is 11.6 Å². The minimum Gasteiger partial charge on any atom is -0.396 e. The second kappa shape index (κ2) is 5.80. The summed E-state index contributed by atoms with van der Waals surface area (Å²) in [5, 5.41) is 12.7. The first-order valence-corrected chi connectivity index (χ1v) is 6.04. The smallest absolute Gasteiger partial charge is 0.126 e. The fraction of sp³-hybridized carbons (Fsp3) is 0.538. The van der Waals surface area contributed by atoms with Crippen LogP contribution in [0.25, 0.3) is 0 Å². The summed E-state index contributed by atoms with van der Waals surface area (Å²) in [5.74, 6) is -0.244. The summed E-state index contributed by atoms with van der Waals surface area (Å²) in [4.78, 5) is 0. The lowest BCUT2D eigenvalue weighted by atomic mass is 10.0. The zero-order chi connectivity index (χ0) is 13.1. The molecular formula is C13H19ClFNO. The second-order valence-electron chi connectivity index (χ2n) is 4.90. The van der Waals surface area contributed by atoms with E-state index in [2.05, 4.69) is 5.32 Å². The maximum Gasteiger partial charge on any atom is 0.126 e. The Hall–Kier alpha value is -0.640. The molecule has 1 rings (SSSR count). The van der Waals surface area contributed by atoms with Crippen molar-refractivity contribution in [1.29, 1.82) is 0 Å². The molecule has 1 aromatic rings. The van der Waals surface area contributed by atoms with Gasteiger partial charge in [0.2, 0.25) is 0 Å². The van der Waals surface area contributed by atoms with Crippen molar-refractivity contribution in [2.45, 2.75) is 39.3 Å². The van der Waals surface area contributed by atoms with Crippen LogP contribution in [0.3, 0.4) is 0 Å². The molecule has 0 atom stereocenters. The molecule has 0 saturated heterocycles. The summed E-state index contributed by atoms with van der Waals surface area (Å²) in [6.07, 6.45) is 0.638. The Kier molecular flexibility index (Phi) is 4.92. The van der Waals surface area contributed by atoms with E-state index in [0.29, 0.717) is 23.6 Å². The zero-order valence-corrected chi connectivity index (χ0v) is 11.2. The Bertz CT molecular complexity index is 393. The van der Waals surface area contributed by atoms with Gasteiger partial charge in [0.15, 0.2) is 0 Å². The number of nitrogens with one attached hydrogen (secondary N) is 1. The first-order chi connectivity index (χ1) is 7.85. The van der Waals surface area contributed by atoms with Crippen LogP contribution >= 0.6 is 11.6 Å². The molecule has 0 aliphatic heterocycles. The molecule has 0 fully saturated rings. The van der Waals surface area contributed by atoms with Crippen molar-refractivity contribution in [3.63, 3.8) is 0 Å². The molecule has 17 heavy (non-hydrogen) atoms. The van der Waals surface area contributed by atoms with E-state index >= 15 is 0 Å². The Morgan fingerprint density at radius 2 is 2.06 bits per heavy atom. The van der Waals surface area contributed by atoms with E-state index < -0.39 is 0 Å². The number of hydrogen-bond acceptors (Lipinski definition) is 2. The van der Waals surface area contributed by atoms with Crippen LogP contribution in [-0.4, -0.2) is 17.3 Å². The van der Waals surface area contributed by atoms with Crippen LogP contribution in [-0.2, 0) is 6.54 Å². The Balaban J connectivity index is 2.73. The summed E-state index contributed by atoms with van der Waals surface area (Å²) in [7, 11) is 0. The normalized spacial score (nSPS) is 11.9. The molecule has 2 nitrogen and oxygen atoms in total. The number of aryl methyl sites for hydroxylation is 1. The fourth-order valence-electron chi connectivity index (χ4n) is 1.53. The minimum atomic E-state index is -0.244. The highest BCUT2D eigenvalue weighted by Gasteiger charge is 2.16. The van der Waals surface area contributed by atoms with Gasteiger partial charge in [0.25, 0.3) is 0 Å². The maximum atomic E-state index is 13.4. The van der Waals surface area contributed by atoms with Crippen LogP contribution in [0.15, 0.2) is 12.1 Å². The van der Waals surface area contributed by atoms with E-state index in [1.165, 1.54) is 6.07 Å². The monoisotopic (exact) mass is 259 g/mol. The molecule has 0 unspecified atom stereocenters. The number of rotatable bonds is 5. The molecule has 2 N–H and O–H groups in total. The first kappa shape index (κ1) is 14.4. The van der Waals surface area contributed by atoms with Gasteiger partial charge in [-0.25, -0.2) is 4.39 Å². The molecule has 1 aromatic carbocycles. The molecule has 4 heteroatoms. The summed E-state index contributed by atoms with van der Waals surface area (Å²) in [5.41, 5.74) is 1.09. The SMILES string of the molecule is Cc1cc(Cl)c(CNC(C)(C)CCO)cc1F. The van der Waals surface area contributed by atoms with Crippen LogP contribution in [0, 0.1) is 12.7 Å². The van der Waals surface area contributed by atoms with Crippen LogP contribution in [0.1, 0.15) is 31.4 Å². The van der Waals surface area contributed by atoms with Crippen molar-refractivity contribution in [3.8, 4) is 0 Å². The van der Waals surface area contributed by atoms with Crippen LogP contribution in [0.2, 0.25) is 5.02 Å². The van der Waals surface area contributed by atoms with Crippen LogP contribution < -0.4 is 5.32 Å². The van der Waals surface area contributed by atoms with Crippen LogP contribution in [0.5, 0.6) is 0 Å². The first-order valence-electron chi connectivity index (χ1n) is 5.66. The quantitative estimate of drug-likeness (QED) is 0.852. The van der Waals surface area contributed by atoms with Crippen LogP contribution in [0.4, 0.5) is 4.39 Å². The molecule has 0 amide bonds. The second-order valence-corrected chi connectivity index (χ2v) is 5.31. The highest BCUT2D eigenvalue weighted by molar-refractivity contribution is 6.31. The standard InChI is InChI=1S/C13H19ClFNO/c1-9-6-11(14)10(7-12(9)15)8-16-13(2,3)4-5-17/h6-7,16-17H,4-5,8H2,1-3H3. The molecular weight excluding hydrogens is 241 g/mol. The molecule has 96 valence electrons. The average molecular weight is 260 g/mol. The predicted molar refractivity (Wildman–Crippen MR) is 68.8 cm³/mol. The van der Waals surface area contributed by atoms with Gasteiger partial charge >= 0.3 is 0 Å². The van der Waals surface area contributed by atoms with Gasteiger partial charge in [0, 0.05) is 23.7 Å². The van der Waals surface area contributed by atoms with Crippen molar-refractivity contribution in [2.24, 2.45) is 0 Å². The largest absolute Gasteiger partial charge is 0.396 e. The topological polar surface area (TPSA) is 32.3 Å². The van der Waals surface area contributed by atoms with Gasteiger partial charge in [0.05, 0.1) is 0 Å². The van der Waals surface area contributed by atoms with Crippen molar-refractivity contribution in [2.75, 3.05) is 6.61 Å². The summed E-state index contributed by atoms with van der Waals surface area (Å²) in [6, 6.07) is 3.09. The summed E-state index contributed by atoms with van der Waals surface area (Å²) in [6.45, 7) is 6.27. The Morgan fingerprint density at radius 3 is 2.65 bits per heavy atom. The maximum absolute atomic E-state index is 13.4. The van der Waals surface area contributed by atoms with E-state index in [9.17, 15) is 4.39 Å². The summed E-state index contributed by atoms with van der Waals surface area (Å²) < 4.78 is 13.4. The highest BCUT2D eigenvalue weighted by Crippen LogP contribution is 2.21.